The van der Waals surface area contributed by atoms with Crippen LogP contribution in [-0.4, -0.2) is 13.1 Å². The predicted octanol–water partition coefficient (Wildman–Crippen LogP) is 2.77. The van der Waals surface area contributed by atoms with Gasteiger partial charge in [0, 0.05) is 24.5 Å². The Morgan fingerprint density at radius 2 is 1.94 bits per heavy atom. The summed E-state index contributed by atoms with van der Waals surface area (Å²) in [7, 11) is 0. The van der Waals surface area contributed by atoms with Gasteiger partial charge < -0.3 is 10.6 Å². The zero-order chi connectivity index (χ0) is 12.5. The Kier molecular flexibility index (Phi) is 2.87. The van der Waals surface area contributed by atoms with E-state index in [0.29, 0.717) is 11.3 Å². The molecule has 2 aliphatic rings. The number of nitriles is 1. The van der Waals surface area contributed by atoms with Crippen LogP contribution in [0.3, 0.4) is 0 Å². The van der Waals surface area contributed by atoms with Gasteiger partial charge in [-0.1, -0.05) is 6.42 Å². The Balaban J connectivity index is 1.84. The largest absolute Gasteiger partial charge is 0.398 e. The average Bonchev–Trinajstić information content (AvgIpc) is 2.39. The molecule has 2 fully saturated rings. The van der Waals surface area contributed by atoms with Crippen LogP contribution in [0.15, 0.2) is 18.2 Å². The number of hydrogen-bond acceptors (Lipinski definition) is 3. The van der Waals surface area contributed by atoms with Gasteiger partial charge in [-0.3, -0.25) is 0 Å². The van der Waals surface area contributed by atoms with Crippen LogP contribution in [0.2, 0.25) is 0 Å². The second-order valence-corrected chi connectivity index (χ2v) is 5.69. The number of piperidine rings is 1. The first kappa shape index (κ1) is 11.4. The number of nitrogens with two attached hydrogens (primary N) is 1. The molecule has 2 unspecified atom stereocenters. The third-order valence-electron chi connectivity index (χ3n) is 4.37. The van der Waals surface area contributed by atoms with E-state index in [1.165, 1.54) is 25.7 Å². The van der Waals surface area contributed by atoms with Crippen molar-refractivity contribution in [3.63, 3.8) is 0 Å². The van der Waals surface area contributed by atoms with Crippen molar-refractivity contribution >= 4 is 11.4 Å². The van der Waals surface area contributed by atoms with Gasteiger partial charge in [0.1, 0.15) is 6.07 Å². The second-order valence-electron chi connectivity index (χ2n) is 5.69. The van der Waals surface area contributed by atoms with Crippen molar-refractivity contribution in [1.82, 2.24) is 0 Å². The molecule has 1 aliphatic heterocycles. The zero-order valence-corrected chi connectivity index (χ0v) is 10.6. The van der Waals surface area contributed by atoms with Crippen molar-refractivity contribution in [3.05, 3.63) is 23.8 Å². The third kappa shape index (κ3) is 2.03. The van der Waals surface area contributed by atoms with E-state index >= 15 is 0 Å². The van der Waals surface area contributed by atoms with Gasteiger partial charge in [-0.15, -0.1) is 0 Å². The molecule has 2 atom stereocenters. The fraction of sp³-hybridized carbons (Fsp3) is 0.533. The fourth-order valence-electron chi connectivity index (χ4n) is 3.48. The standard InChI is InChI=1S/C15H19N3/c16-8-13-7-14(4-5-15(13)17)18-9-11-2-1-3-12(6-11)10-18/h4-5,7,11-12H,1-3,6,9-10,17H2. The van der Waals surface area contributed by atoms with Gasteiger partial charge in [-0.05, 0) is 49.3 Å². The van der Waals surface area contributed by atoms with Crippen LogP contribution in [0.1, 0.15) is 31.2 Å². The van der Waals surface area contributed by atoms with Crippen molar-refractivity contribution in [2.45, 2.75) is 25.7 Å². The average molecular weight is 241 g/mol. The molecule has 1 aromatic rings. The van der Waals surface area contributed by atoms with E-state index < -0.39 is 0 Å². The molecule has 2 bridgehead atoms. The maximum Gasteiger partial charge on any atom is 0.101 e. The van der Waals surface area contributed by atoms with Gasteiger partial charge in [-0.25, -0.2) is 0 Å². The number of nitrogens with zero attached hydrogens (tertiary/aromatic N) is 2. The molecule has 0 amide bonds. The summed E-state index contributed by atoms with van der Waals surface area (Å²) in [5.74, 6) is 1.70. The summed E-state index contributed by atoms with van der Waals surface area (Å²) in [6, 6.07) is 8.03. The lowest BCUT2D eigenvalue weighted by Crippen LogP contribution is -2.42. The summed E-state index contributed by atoms with van der Waals surface area (Å²) in [5.41, 5.74) is 8.13. The Morgan fingerprint density at radius 3 is 2.61 bits per heavy atom. The first-order chi connectivity index (χ1) is 8.76. The van der Waals surface area contributed by atoms with Crippen LogP contribution >= 0.6 is 0 Å². The zero-order valence-electron chi connectivity index (χ0n) is 10.6. The number of benzene rings is 1. The van der Waals surface area contributed by atoms with Crippen LogP contribution in [0.25, 0.3) is 0 Å². The summed E-state index contributed by atoms with van der Waals surface area (Å²) in [5, 5.41) is 9.05. The number of fused-ring (bicyclic) bond motifs is 2. The summed E-state index contributed by atoms with van der Waals surface area (Å²) in [4.78, 5) is 2.44. The number of hydrogen-bond donors (Lipinski definition) is 1. The molecule has 1 saturated carbocycles. The van der Waals surface area contributed by atoms with Crippen LogP contribution in [0, 0.1) is 23.2 Å². The summed E-state index contributed by atoms with van der Waals surface area (Å²) < 4.78 is 0. The van der Waals surface area contributed by atoms with E-state index in [4.69, 9.17) is 11.0 Å². The topological polar surface area (TPSA) is 53.0 Å². The first-order valence-electron chi connectivity index (χ1n) is 6.81. The maximum absolute atomic E-state index is 9.05. The van der Waals surface area contributed by atoms with Crippen molar-refractivity contribution in [1.29, 1.82) is 5.26 Å². The lowest BCUT2D eigenvalue weighted by molar-refractivity contribution is 0.231. The second kappa shape index (κ2) is 4.53. The molecule has 0 spiro atoms. The highest BCUT2D eigenvalue weighted by Gasteiger charge is 2.30. The van der Waals surface area contributed by atoms with Crippen LogP contribution in [-0.2, 0) is 0 Å². The Bertz CT molecular complexity index is 477. The lowest BCUT2D eigenvalue weighted by Gasteiger charge is -2.42. The molecular formula is C15H19N3. The van der Waals surface area contributed by atoms with Gasteiger partial charge in [0.05, 0.1) is 5.56 Å². The Hall–Kier alpha value is -1.69. The normalized spacial score (nSPS) is 26.7. The summed E-state index contributed by atoms with van der Waals surface area (Å²) in [6.07, 6.45) is 5.53. The first-order valence-corrected chi connectivity index (χ1v) is 6.81. The van der Waals surface area contributed by atoms with E-state index in [9.17, 15) is 0 Å². The minimum atomic E-state index is 0.582. The Labute approximate surface area is 108 Å². The van der Waals surface area contributed by atoms with E-state index in [1.807, 2.05) is 12.1 Å². The lowest BCUT2D eigenvalue weighted by atomic mass is 9.78. The van der Waals surface area contributed by atoms with Gasteiger partial charge >= 0.3 is 0 Å². The number of rotatable bonds is 1. The minimum absolute atomic E-state index is 0.582. The smallest absolute Gasteiger partial charge is 0.101 e. The van der Waals surface area contributed by atoms with Crippen molar-refractivity contribution in [3.8, 4) is 6.07 Å². The monoisotopic (exact) mass is 241 g/mol. The molecule has 18 heavy (non-hydrogen) atoms. The van der Waals surface area contributed by atoms with Crippen LogP contribution in [0.5, 0.6) is 0 Å². The maximum atomic E-state index is 9.05. The van der Waals surface area contributed by atoms with E-state index in [1.54, 1.807) is 0 Å². The van der Waals surface area contributed by atoms with Gasteiger partial charge in [0.25, 0.3) is 0 Å². The summed E-state index contributed by atoms with van der Waals surface area (Å²) in [6.45, 7) is 2.29. The predicted molar refractivity (Wildman–Crippen MR) is 73.2 cm³/mol. The molecular weight excluding hydrogens is 222 g/mol. The minimum Gasteiger partial charge on any atom is -0.398 e. The van der Waals surface area contributed by atoms with E-state index in [-0.39, 0.29) is 0 Å². The molecule has 3 heteroatoms. The molecule has 2 N–H and O–H groups in total. The molecule has 1 aromatic carbocycles. The molecule has 0 radical (unpaired) electrons. The molecule has 1 heterocycles. The van der Waals surface area contributed by atoms with Crippen LogP contribution in [0.4, 0.5) is 11.4 Å². The van der Waals surface area contributed by atoms with Crippen molar-refractivity contribution < 1.29 is 0 Å². The van der Waals surface area contributed by atoms with Crippen molar-refractivity contribution in [2.24, 2.45) is 11.8 Å². The molecule has 0 aromatic heterocycles. The third-order valence-corrected chi connectivity index (χ3v) is 4.37. The molecule has 3 rings (SSSR count). The number of anilines is 2. The quantitative estimate of drug-likeness (QED) is 0.769. The van der Waals surface area contributed by atoms with Gasteiger partial charge in [0.2, 0.25) is 0 Å². The molecule has 1 saturated heterocycles. The van der Waals surface area contributed by atoms with E-state index in [2.05, 4.69) is 17.0 Å². The van der Waals surface area contributed by atoms with Crippen molar-refractivity contribution in [2.75, 3.05) is 23.7 Å². The molecule has 94 valence electrons. The van der Waals surface area contributed by atoms with Gasteiger partial charge in [0.15, 0.2) is 0 Å². The van der Waals surface area contributed by atoms with Gasteiger partial charge in [-0.2, -0.15) is 5.26 Å². The van der Waals surface area contributed by atoms with E-state index in [0.717, 1.165) is 30.6 Å². The highest BCUT2D eigenvalue weighted by Crippen LogP contribution is 2.36. The van der Waals surface area contributed by atoms with Crippen LogP contribution < -0.4 is 10.6 Å². The fourth-order valence-corrected chi connectivity index (χ4v) is 3.48. The highest BCUT2D eigenvalue weighted by molar-refractivity contribution is 5.63. The molecule has 3 nitrogen and oxygen atoms in total. The highest BCUT2D eigenvalue weighted by atomic mass is 15.1. The SMILES string of the molecule is N#Cc1cc(N2CC3CCCC(C3)C2)ccc1N. The number of nitrogen functional groups attached to an aromatic ring is 1. The Morgan fingerprint density at radius 1 is 1.22 bits per heavy atom. The molecule has 1 aliphatic carbocycles. The summed E-state index contributed by atoms with van der Waals surface area (Å²) >= 11 is 0.